The monoisotopic (exact) mass is 524 g/mol. The van der Waals surface area contributed by atoms with Crippen molar-refractivity contribution in [1.82, 2.24) is 0 Å². The molecule has 0 radical (unpaired) electrons. The van der Waals surface area contributed by atoms with Crippen molar-refractivity contribution in [3.63, 3.8) is 0 Å². The lowest BCUT2D eigenvalue weighted by molar-refractivity contribution is 0.171. The second kappa shape index (κ2) is 18.4. The van der Waals surface area contributed by atoms with Crippen LogP contribution in [0, 0.1) is 0 Å². The Balaban J connectivity index is 0.000000180. The van der Waals surface area contributed by atoms with Crippen LogP contribution in [-0.4, -0.2) is 65.1 Å². The second-order valence-electron chi connectivity index (χ2n) is 9.13. The molecule has 0 spiro atoms. The van der Waals surface area contributed by atoms with Gasteiger partial charge in [0.1, 0.15) is 43.0 Å². The summed E-state index contributed by atoms with van der Waals surface area (Å²) in [6.07, 6.45) is 1.11. The fraction of sp³-hybridized carbons (Fsp3) is 0.438. The molecule has 0 bridgehead atoms. The Bertz CT molecular complexity index is 888. The van der Waals surface area contributed by atoms with Gasteiger partial charge in [0, 0.05) is 7.11 Å². The highest BCUT2D eigenvalue weighted by Gasteiger charge is 2.23. The molecule has 0 N–H and O–H groups in total. The SMILES string of the molecule is C.CC(C)c1ccccc1.COCC1CO1.c1ccc(OCC2CO2)cc1.c1ccc(OCC2CO2)cc1. The summed E-state index contributed by atoms with van der Waals surface area (Å²) in [5, 5.41) is 0. The third-order valence-electron chi connectivity index (χ3n) is 5.38. The van der Waals surface area contributed by atoms with Crippen LogP contribution in [0.5, 0.6) is 11.5 Å². The average molecular weight is 525 g/mol. The standard InChI is InChI=1S/2C9H10O2.C9H12.C4H8O2.CH4/c2*1-2-4-8(5-3-1)10-6-9-7-11-9;1-8(2)9-6-4-3-5-7-9;1-5-2-4-3-6-4;/h2*1-5,9H,6-7H2;3-8H,1-2H3;4H,2-3H2,1H3;1H4. The molecule has 3 atom stereocenters. The van der Waals surface area contributed by atoms with E-state index >= 15 is 0 Å². The number of para-hydroxylation sites is 2. The molecule has 3 saturated heterocycles. The van der Waals surface area contributed by atoms with E-state index in [4.69, 9.17) is 28.4 Å². The normalized spacial score (nSPS) is 19.5. The van der Waals surface area contributed by atoms with Gasteiger partial charge in [-0.15, -0.1) is 0 Å². The zero-order valence-corrected chi connectivity index (χ0v) is 22.2. The third kappa shape index (κ3) is 15.4. The lowest BCUT2D eigenvalue weighted by Gasteiger charge is -2.01. The van der Waals surface area contributed by atoms with Crippen LogP contribution >= 0.6 is 0 Å². The van der Waals surface area contributed by atoms with Gasteiger partial charge >= 0.3 is 0 Å². The molecule has 0 amide bonds. The minimum atomic E-state index is 0. The van der Waals surface area contributed by atoms with Gasteiger partial charge in [0.25, 0.3) is 0 Å². The van der Waals surface area contributed by atoms with Gasteiger partial charge in [-0.2, -0.15) is 0 Å². The highest BCUT2D eigenvalue weighted by molar-refractivity contribution is 5.21. The first-order chi connectivity index (χ1) is 18.1. The van der Waals surface area contributed by atoms with E-state index < -0.39 is 0 Å². The van der Waals surface area contributed by atoms with Gasteiger partial charge in [-0.25, -0.2) is 0 Å². The lowest BCUT2D eigenvalue weighted by atomic mass is 10.0. The fourth-order valence-electron chi connectivity index (χ4n) is 2.93. The molecule has 3 fully saturated rings. The van der Waals surface area contributed by atoms with E-state index in [2.05, 4.69) is 38.1 Å². The number of hydrogen-bond acceptors (Lipinski definition) is 6. The smallest absolute Gasteiger partial charge is 0.119 e. The summed E-state index contributed by atoms with van der Waals surface area (Å²) in [6.45, 7) is 9.15. The highest BCUT2D eigenvalue weighted by atomic mass is 16.6. The van der Waals surface area contributed by atoms with E-state index in [1.165, 1.54) is 5.56 Å². The second-order valence-corrected chi connectivity index (χ2v) is 9.13. The van der Waals surface area contributed by atoms with E-state index in [0.29, 0.717) is 37.4 Å². The molecule has 6 rings (SSSR count). The predicted octanol–water partition coefficient (Wildman–Crippen LogP) is 6.41. The van der Waals surface area contributed by atoms with Crippen molar-refractivity contribution in [2.75, 3.05) is 46.8 Å². The van der Waals surface area contributed by atoms with Crippen molar-refractivity contribution < 1.29 is 28.4 Å². The van der Waals surface area contributed by atoms with Crippen LogP contribution in [0.1, 0.15) is 32.8 Å². The van der Waals surface area contributed by atoms with E-state index in [1.54, 1.807) is 7.11 Å². The first-order valence-corrected chi connectivity index (χ1v) is 12.9. The maximum absolute atomic E-state index is 5.40. The summed E-state index contributed by atoms with van der Waals surface area (Å²) in [5.74, 6) is 2.50. The zero-order valence-electron chi connectivity index (χ0n) is 22.2. The van der Waals surface area contributed by atoms with Crippen molar-refractivity contribution in [1.29, 1.82) is 0 Å². The largest absolute Gasteiger partial charge is 0.491 e. The number of methoxy groups -OCH3 is 1. The van der Waals surface area contributed by atoms with Gasteiger partial charge in [0.2, 0.25) is 0 Å². The molecule has 38 heavy (non-hydrogen) atoms. The quantitative estimate of drug-likeness (QED) is 0.302. The number of benzene rings is 3. The molecule has 0 saturated carbocycles. The minimum Gasteiger partial charge on any atom is -0.491 e. The summed E-state index contributed by atoms with van der Waals surface area (Å²) < 4.78 is 30.4. The van der Waals surface area contributed by atoms with E-state index in [9.17, 15) is 0 Å². The third-order valence-corrected chi connectivity index (χ3v) is 5.38. The van der Waals surface area contributed by atoms with Crippen LogP contribution in [0.4, 0.5) is 0 Å². The topological polar surface area (TPSA) is 65.3 Å². The Morgan fingerprint density at radius 3 is 1.21 bits per heavy atom. The molecule has 6 heteroatoms. The molecule has 208 valence electrons. The Morgan fingerprint density at radius 1 is 0.605 bits per heavy atom. The van der Waals surface area contributed by atoms with Crippen LogP contribution in [0.2, 0.25) is 0 Å². The first kappa shape index (κ1) is 31.3. The molecule has 3 aliphatic rings. The van der Waals surface area contributed by atoms with Crippen LogP contribution in [0.25, 0.3) is 0 Å². The summed E-state index contributed by atoms with van der Waals surface area (Å²) in [4.78, 5) is 0. The fourth-order valence-corrected chi connectivity index (χ4v) is 2.93. The molecule has 0 aliphatic carbocycles. The predicted molar refractivity (Wildman–Crippen MR) is 152 cm³/mol. The number of epoxide rings is 3. The van der Waals surface area contributed by atoms with Crippen LogP contribution in [0.15, 0.2) is 91.0 Å². The van der Waals surface area contributed by atoms with Crippen molar-refractivity contribution in [3.05, 3.63) is 96.6 Å². The van der Waals surface area contributed by atoms with Gasteiger partial charge in [-0.05, 0) is 35.7 Å². The molecule has 6 nitrogen and oxygen atoms in total. The van der Waals surface area contributed by atoms with Crippen LogP contribution in [0.3, 0.4) is 0 Å². The molecule has 3 unspecified atom stereocenters. The molecule has 3 aliphatic heterocycles. The molecule has 3 aromatic carbocycles. The molecule has 0 aromatic heterocycles. The van der Waals surface area contributed by atoms with Crippen LogP contribution < -0.4 is 9.47 Å². The Kier molecular flexibility index (Phi) is 15.1. The van der Waals surface area contributed by atoms with Gasteiger partial charge in [0.05, 0.1) is 26.4 Å². The minimum absolute atomic E-state index is 0. The molecular formula is C32H44O6. The number of hydrogen-bond donors (Lipinski definition) is 0. The molecular weight excluding hydrogens is 480 g/mol. The summed E-state index contributed by atoms with van der Waals surface area (Å²) in [5.41, 5.74) is 1.41. The number of rotatable bonds is 9. The van der Waals surface area contributed by atoms with Crippen molar-refractivity contribution in [3.8, 4) is 11.5 Å². The lowest BCUT2D eigenvalue weighted by Crippen LogP contribution is -2.03. The van der Waals surface area contributed by atoms with E-state index in [1.807, 2.05) is 66.7 Å². The van der Waals surface area contributed by atoms with Crippen molar-refractivity contribution >= 4 is 0 Å². The Hall–Kier alpha value is -2.90. The summed E-state index contributed by atoms with van der Waals surface area (Å²) in [7, 11) is 1.68. The summed E-state index contributed by atoms with van der Waals surface area (Å²) >= 11 is 0. The van der Waals surface area contributed by atoms with Gasteiger partial charge < -0.3 is 28.4 Å². The maximum atomic E-state index is 5.40. The highest BCUT2D eigenvalue weighted by Crippen LogP contribution is 2.15. The Labute approximate surface area is 228 Å². The van der Waals surface area contributed by atoms with Crippen LogP contribution in [-0.2, 0) is 18.9 Å². The number of ether oxygens (including phenoxy) is 6. The summed E-state index contributed by atoms with van der Waals surface area (Å²) in [6, 6.07) is 30.1. The van der Waals surface area contributed by atoms with E-state index in [-0.39, 0.29) is 7.43 Å². The van der Waals surface area contributed by atoms with Gasteiger partial charge in [0.15, 0.2) is 0 Å². The van der Waals surface area contributed by atoms with Gasteiger partial charge in [-0.1, -0.05) is 88.0 Å². The zero-order chi connectivity index (χ0) is 26.1. The Morgan fingerprint density at radius 2 is 0.947 bits per heavy atom. The van der Waals surface area contributed by atoms with E-state index in [0.717, 1.165) is 37.9 Å². The molecule has 3 aromatic rings. The van der Waals surface area contributed by atoms with Crippen molar-refractivity contribution in [2.24, 2.45) is 0 Å². The van der Waals surface area contributed by atoms with Crippen molar-refractivity contribution in [2.45, 2.75) is 45.5 Å². The molecule has 3 heterocycles. The average Bonchev–Trinajstić information content (AvgIpc) is 3.78. The first-order valence-electron chi connectivity index (χ1n) is 12.9. The maximum Gasteiger partial charge on any atom is 0.119 e. The van der Waals surface area contributed by atoms with Gasteiger partial charge in [-0.3, -0.25) is 0 Å².